The van der Waals surface area contributed by atoms with Crippen molar-refractivity contribution in [2.45, 2.75) is 57.9 Å². The fourth-order valence-electron chi connectivity index (χ4n) is 4.20. The third-order valence-corrected chi connectivity index (χ3v) is 6.48. The number of rotatable bonds is 10. The number of benzene rings is 1. The van der Waals surface area contributed by atoms with Gasteiger partial charge in [0, 0.05) is 32.7 Å². The number of amides is 1. The maximum absolute atomic E-state index is 13.0. The molecule has 0 radical (unpaired) electrons. The predicted octanol–water partition coefficient (Wildman–Crippen LogP) is 6.84. The Hall–Kier alpha value is -2.59. The van der Waals surface area contributed by atoms with Crippen LogP contribution in [0.25, 0.3) is 0 Å². The Kier molecular flexibility index (Phi) is 14.6. The van der Waals surface area contributed by atoms with Crippen LogP contribution in [0.5, 0.6) is 0 Å². The van der Waals surface area contributed by atoms with Crippen molar-refractivity contribution in [2.24, 2.45) is 0 Å². The molecule has 0 bridgehead atoms. The highest BCUT2D eigenvalue weighted by atomic mass is 19.4. The third kappa shape index (κ3) is 12.9. The largest absolute Gasteiger partial charge is 0.416 e. The van der Waals surface area contributed by atoms with Gasteiger partial charge in [0.05, 0.1) is 17.7 Å². The SMILES string of the molecule is C=C/C=C\C=C/C.CCCN(C)C1CCN(CC(=O)N(C)CCc2cc(C(F)(F)F)cc(C(F)(F)F)c2)CC1. The Morgan fingerprint density at radius 3 is 2.00 bits per heavy atom. The first-order chi connectivity index (χ1) is 18.2. The lowest BCUT2D eigenvalue weighted by atomic mass is 10.0. The average molecular weight is 562 g/mol. The second-order valence-corrected chi connectivity index (χ2v) is 9.61. The van der Waals surface area contributed by atoms with Gasteiger partial charge in [-0.1, -0.05) is 43.9 Å². The summed E-state index contributed by atoms with van der Waals surface area (Å²) in [6.07, 6.45) is 2.64. The number of allylic oxidation sites excluding steroid dienone is 5. The van der Waals surface area contributed by atoms with Crippen LogP contribution in [0, 0.1) is 0 Å². The minimum Gasteiger partial charge on any atom is -0.344 e. The summed E-state index contributed by atoms with van der Waals surface area (Å²) in [5, 5.41) is 0. The van der Waals surface area contributed by atoms with Crippen LogP contribution >= 0.6 is 0 Å². The number of hydrogen-bond donors (Lipinski definition) is 0. The lowest BCUT2D eigenvalue weighted by Gasteiger charge is -2.36. The van der Waals surface area contributed by atoms with Gasteiger partial charge in [-0.25, -0.2) is 0 Å². The van der Waals surface area contributed by atoms with E-state index in [1.54, 1.807) is 6.08 Å². The Labute approximate surface area is 228 Å². The molecule has 0 aromatic heterocycles. The van der Waals surface area contributed by atoms with E-state index in [0.29, 0.717) is 18.2 Å². The first-order valence-electron chi connectivity index (χ1n) is 13.1. The summed E-state index contributed by atoms with van der Waals surface area (Å²) < 4.78 is 78.0. The van der Waals surface area contributed by atoms with Crippen LogP contribution in [0.1, 0.15) is 49.8 Å². The van der Waals surface area contributed by atoms with Gasteiger partial charge in [0.25, 0.3) is 0 Å². The monoisotopic (exact) mass is 561 g/mol. The van der Waals surface area contributed by atoms with Crippen LogP contribution in [-0.2, 0) is 23.6 Å². The highest BCUT2D eigenvalue weighted by molar-refractivity contribution is 5.78. The Bertz CT molecular complexity index is 915. The molecule has 1 fully saturated rings. The fraction of sp³-hybridized carbons (Fsp3) is 0.552. The molecule has 1 heterocycles. The summed E-state index contributed by atoms with van der Waals surface area (Å²) in [5.41, 5.74) is -2.79. The molecular weight excluding hydrogens is 520 g/mol. The molecule has 0 N–H and O–H groups in total. The smallest absolute Gasteiger partial charge is 0.344 e. The van der Waals surface area contributed by atoms with E-state index in [1.807, 2.05) is 36.1 Å². The Balaban J connectivity index is 0.000000956. The minimum atomic E-state index is -4.88. The van der Waals surface area contributed by atoms with Crippen LogP contribution in [0.3, 0.4) is 0 Å². The van der Waals surface area contributed by atoms with E-state index in [0.717, 1.165) is 38.9 Å². The van der Waals surface area contributed by atoms with Gasteiger partial charge < -0.3 is 9.80 Å². The summed E-state index contributed by atoms with van der Waals surface area (Å²) in [6.45, 7) is 10.4. The number of carbonyl (C=O) groups is 1. The van der Waals surface area contributed by atoms with E-state index in [-0.39, 0.29) is 37.0 Å². The molecule has 1 saturated heterocycles. The maximum Gasteiger partial charge on any atom is 0.416 e. The lowest BCUT2D eigenvalue weighted by molar-refractivity contribution is -0.143. The summed E-state index contributed by atoms with van der Waals surface area (Å²) in [7, 11) is 3.61. The molecule has 0 saturated carbocycles. The molecule has 0 atom stereocenters. The molecular formula is C29H41F6N3O. The van der Waals surface area contributed by atoms with Crippen molar-refractivity contribution >= 4 is 5.91 Å². The van der Waals surface area contributed by atoms with E-state index < -0.39 is 23.5 Å². The highest BCUT2D eigenvalue weighted by Gasteiger charge is 2.37. The van der Waals surface area contributed by atoms with Gasteiger partial charge >= 0.3 is 12.4 Å². The van der Waals surface area contributed by atoms with E-state index in [2.05, 4.69) is 25.5 Å². The van der Waals surface area contributed by atoms with Gasteiger partial charge in [-0.05, 0) is 70.0 Å². The van der Waals surface area contributed by atoms with Gasteiger partial charge in [0.15, 0.2) is 0 Å². The quantitative estimate of drug-likeness (QED) is 0.231. The van der Waals surface area contributed by atoms with E-state index in [1.165, 1.54) is 11.9 Å². The molecule has 39 heavy (non-hydrogen) atoms. The van der Waals surface area contributed by atoms with Gasteiger partial charge in [-0.3, -0.25) is 9.69 Å². The van der Waals surface area contributed by atoms with Gasteiger partial charge in [0.2, 0.25) is 5.91 Å². The predicted molar refractivity (Wildman–Crippen MR) is 144 cm³/mol. The van der Waals surface area contributed by atoms with Crippen molar-refractivity contribution in [3.63, 3.8) is 0 Å². The zero-order valence-corrected chi connectivity index (χ0v) is 23.3. The minimum absolute atomic E-state index is 0.0349. The van der Waals surface area contributed by atoms with Crippen LogP contribution in [0.4, 0.5) is 26.3 Å². The molecule has 1 aromatic carbocycles. The molecule has 1 amide bonds. The van der Waals surface area contributed by atoms with Crippen molar-refractivity contribution in [1.82, 2.24) is 14.7 Å². The van der Waals surface area contributed by atoms with E-state index in [4.69, 9.17) is 0 Å². The molecule has 1 aliphatic rings. The van der Waals surface area contributed by atoms with Gasteiger partial charge in [0.1, 0.15) is 0 Å². The van der Waals surface area contributed by atoms with Gasteiger partial charge in [-0.2, -0.15) is 26.3 Å². The fourth-order valence-corrected chi connectivity index (χ4v) is 4.20. The molecule has 0 aliphatic carbocycles. The first-order valence-corrected chi connectivity index (χ1v) is 13.1. The molecule has 220 valence electrons. The molecule has 1 aromatic rings. The third-order valence-electron chi connectivity index (χ3n) is 6.48. The highest BCUT2D eigenvalue weighted by Crippen LogP contribution is 2.36. The molecule has 2 rings (SSSR count). The zero-order chi connectivity index (χ0) is 29.6. The number of alkyl halides is 6. The number of halogens is 6. The van der Waals surface area contributed by atoms with Crippen molar-refractivity contribution in [3.8, 4) is 0 Å². The number of likely N-dealkylation sites (tertiary alicyclic amines) is 1. The topological polar surface area (TPSA) is 26.8 Å². The van der Waals surface area contributed by atoms with Crippen molar-refractivity contribution in [2.75, 3.05) is 46.8 Å². The standard InChI is InChI=1S/C22H31F6N3O.C7H10/c1-4-8-29(2)19-6-10-31(11-7-19)15-20(32)30(3)9-5-16-12-17(21(23,24)25)14-18(13-16)22(26,27)28;1-3-5-7-6-4-2/h12-14,19H,4-11,15H2,1-3H3;3-7H,1H2,2H3/b;6-4-,7-5-. The lowest BCUT2D eigenvalue weighted by Crippen LogP contribution is -2.47. The van der Waals surface area contributed by atoms with E-state index >= 15 is 0 Å². The normalized spacial score (nSPS) is 15.6. The first kappa shape index (κ1) is 34.4. The van der Waals surface area contributed by atoms with Crippen LogP contribution in [0.2, 0.25) is 0 Å². The van der Waals surface area contributed by atoms with Crippen molar-refractivity contribution in [1.29, 1.82) is 0 Å². The summed E-state index contributed by atoms with van der Waals surface area (Å²) >= 11 is 0. The van der Waals surface area contributed by atoms with E-state index in [9.17, 15) is 31.1 Å². The molecule has 0 spiro atoms. The second kappa shape index (κ2) is 16.5. The number of nitrogens with zero attached hydrogens (tertiary/aromatic N) is 3. The Morgan fingerprint density at radius 2 is 1.54 bits per heavy atom. The van der Waals surface area contributed by atoms with Crippen molar-refractivity contribution in [3.05, 3.63) is 71.8 Å². The maximum atomic E-state index is 13.0. The molecule has 0 unspecified atom stereocenters. The van der Waals surface area contributed by atoms with Crippen LogP contribution in [0.15, 0.2) is 55.2 Å². The summed E-state index contributed by atoms with van der Waals surface area (Å²) in [6, 6.07) is 2.03. The average Bonchev–Trinajstić information content (AvgIpc) is 2.87. The van der Waals surface area contributed by atoms with Crippen molar-refractivity contribution < 1.29 is 31.1 Å². The van der Waals surface area contributed by atoms with Crippen LogP contribution in [-0.4, -0.2) is 73.5 Å². The Morgan fingerprint density at radius 1 is 0.974 bits per heavy atom. The summed E-state index contributed by atoms with van der Waals surface area (Å²) in [5.74, 6) is -0.201. The molecule has 10 heteroatoms. The number of piperidine rings is 1. The zero-order valence-electron chi connectivity index (χ0n) is 23.3. The molecule has 1 aliphatic heterocycles. The number of likely N-dealkylation sites (N-methyl/N-ethyl adjacent to an activating group) is 1. The van der Waals surface area contributed by atoms with Crippen LogP contribution < -0.4 is 0 Å². The number of hydrogen-bond acceptors (Lipinski definition) is 3. The van der Waals surface area contributed by atoms with Gasteiger partial charge in [-0.15, -0.1) is 0 Å². The summed E-state index contributed by atoms with van der Waals surface area (Å²) in [4.78, 5) is 18.3. The number of carbonyl (C=O) groups excluding carboxylic acids is 1. The molecule has 4 nitrogen and oxygen atoms in total. The second-order valence-electron chi connectivity index (χ2n) is 9.61.